The van der Waals surface area contributed by atoms with Crippen LogP contribution in [0.2, 0.25) is 0 Å². The lowest BCUT2D eigenvalue weighted by molar-refractivity contribution is -0.0675. The largest absolute Gasteiger partial charge is 0.444 e. The second-order valence-corrected chi connectivity index (χ2v) is 6.10. The van der Waals surface area contributed by atoms with Crippen LogP contribution >= 0.6 is 0 Å². The van der Waals surface area contributed by atoms with Crippen molar-refractivity contribution in [3.63, 3.8) is 0 Å². The second-order valence-electron chi connectivity index (χ2n) is 6.10. The molecule has 0 saturated carbocycles. The van der Waals surface area contributed by atoms with Gasteiger partial charge in [-0.2, -0.15) is 5.10 Å². The molecule has 1 N–H and O–H groups in total. The van der Waals surface area contributed by atoms with Gasteiger partial charge in [0.05, 0.1) is 31.5 Å². The number of nitrogens with one attached hydrogen (secondary N) is 1. The molecule has 19 heavy (non-hydrogen) atoms. The number of morpholine rings is 1. The molecular formula is C13H19N3O3. The van der Waals surface area contributed by atoms with Crippen molar-refractivity contribution >= 4 is 6.09 Å². The molecule has 1 aromatic heterocycles. The van der Waals surface area contributed by atoms with Gasteiger partial charge in [0, 0.05) is 17.7 Å². The monoisotopic (exact) mass is 265 g/mol. The number of aromatic amines is 1. The van der Waals surface area contributed by atoms with E-state index in [0.29, 0.717) is 13.2 Å². The molecule has 1 saturated heterocycles. The van der Waals surface area contributed by atoms with Crippen molar-refractivity contribution in [2.24, 2.45) is 0 Å². The lowest BCUT2D eigenvalue weighted by Crippen LogP contribution is -2.55. The Morgan fingerprint density at radius 3 is 3.05 bits per heavy atom. The number of rotatable bonds is 0. The number of nitrogens with zero attached hydrogens (tertiary/aromatic N) is 2. The first-order chi connectivity index (χ1) is 8.96. The lowest BCUT2D eigenvalue weighted by atomic mass is 9.93. The summed E-state index contributed by atoms with van der Waals surface area (Å²) in [6.07, 6.45) is 2.26. The molecule has 3 rings (SSSR count). The van der Waals surface area contributed by atoms with Crippen LogP contribution in [-0.2, 0) is 15.9 Å². The van der Waals surface area contributed by atoms with E-state index in [9.17, 15) is 4.79 Å². The number of aromatic nitrogens is 2. The molecule has 3 heterocycles. The van der Waals surface area contributed by atoms with E-state index >= 15 is 0 Å². The van der Waals surface area contributed by atoms with Gasteiger partial charge in [0.2, 0.25) is 0 Å². The van der Waals surface area contributed by atoms with Gasteiger partial charge in [0.1, 0.15) is 5.60 Å². The minimum atomic E-state index is -0.483. The molecule has 0 unspecified atom stereocenters. The number of ether oxygens (including phenoxy) is 2. The van der Waals surface area contributed by atoms with Crippen LogP contribution in [0.3, 0.4) is 0 Å². The molecule has 2 atom stereocenters. The van der Waals surface area contributed by atoms with Gasteiger partial charge < -0.3 is 9.47 Å². The number of H-pyrrole nitrogens is 1. The van der Waals surface area contributed by atoms with Gasteiger partial charge in [-0.15, -0.1) is 0 Å². The third-order valence-corrected chi connectivity index (χ3v) is 3.47. The second kappa shape index (κ2) is 4.23. The Morgan fingerprint density at radius 1 is 1.53 bits per heavy atom. The maximum atomic E-state index is 12.4. The fourth-order valence-electron chi connectivity index (χ4n) is 2.73. The molecular weight excluding hydrogens is 246 g/mol. The molecule has 6 nitrogen and oxygen atoms in total. The van der Waals surface area contributed by atoms with E-state index in [1.54, 1.807) is 6.20 Å². The normalized spacial score (nSPS) is 25.9. The fraction of sp³-hybridized carbons (Fsp3) is 0.692. The summed E-state index contributed by atoms with van der Waals surface area (Å²) >= 11 is 0. The third kappa shape index (κ3) is 2.20. The first kappa shape index (κ1) is 12.5. The molecule has 104 valence electrons. The smallest absolute Gasteiger partial charge is 0.411 e. The van der Waals surface area contributed by atoms with E-state index in [-0.39, 0.29) is 18.2 Å². The first-order valence-corrected chi connectivity index (χ1v) is 6.57. The highest BCUT2D eigenvalue weighted by Crippen LogP contribution is 2.36. The SMILES string of the molecule is CC(C)(C)OC(=O)N1[C@H]2COC[C@H]1c1cn[nH]c1C2. The predicted octanol–water partition coefficient (Wildman–Crippen LogP) is 1.64. The third-order valence-electron chi connectivity index (χ3n) is 3.47. The zero-order valence-corrected chi connectivity index (χ0v) is 11.5. The molecule has 0 aromatic carbocycles. The molecule has 0 radical (unpaired) electrons. The number of carbonyl (C=O) groups excluding carboxylic acids is 1. The molecule has 1 fully saturated rings. The summed E-state index contributed by atoms with van der Waals surface area (Å²) in [5, 5.41) is 7.08. The summed E-state index contributed by atoms with van der Waals surface area (Å²) < 4.78 is 11.1. The minimum Gasteiger partial charge on any atom is -0.444 e. The average molecular weight is 265 g/mol. The fourth-order valence-corrected chi connectivity index (χ4v) is 2.73. The molecule has 1 aromatic rings. The Bertz CT molecular complexity index is 492. The van der Waals surface area contributed by atoms with Crippen LogP contribution in [-0.4, -0.2) is 46.0 Å². The standard InChI is InChI=1S/C13H19N3O3/c1-13(2,3)19-12(17)16-8-4-10-9(5-14-15-10)11(16)7-18-6-8/h5,8,11H,4,6-7H2,1-3H3,(H,14,15)/t8-,11+/m1/s1. The molecule has 2 aliphatic heterocycles. The van der Waals surface area contributed by atoms with Crippen molar-refractivity contribution in [1.29, 1.82) is 0 Å². The van der Waals surface area contributed by atoms with Crippen LogP contribution in [0.15, 0.2) is 6.20 Å². The van der Waals surface area contributed by atoms with Gasteiger partial charge in [-0.25, -0.2) is 4.79 Å². The molecule has 2 bridgehead atoms. The zero-order valence-electron chi connectivity index (χ0n) is 11.5. The Hall–Kier alpha value is -1.56. The summed E-state index contributed by atoms with van der Waals surface area (Å²) in [5.41, 5.74) is 1.67. The zero-order chi connectivity index (χ0) is 13.6. The van der Waals surface area contributed by atoms with E-state index in [4.69, 9.17) is 9.47 Å². The van der Waals surface area contributed by atoms with Crippen LogP contribution in [0.1, 0.15) is 38.1 Å². The highest BCUT2D eigenvalue weighted by molar-refractivity contribution is 5.70. The molecule has 1 amide bonds. The van der Waals surface area contributed by atoms with E-state index in [1.165, 1.54) is 0 Å². The van der Waals surface area contributed by atoms with E-state index < -0.39 is 5.60 Å². The number of fused-ring (bicyclic) bond motifs is 4. The van der Waals surface area contributed by atoms with Gasteiger partial charge in [0.15, 0.2) is 0 Å². The Morgan fingerprint density at radius 2 is 2.32 bits per heavy atom. The van der Waals surface area contributed by atoms with Crippen molar-refractivity contribution in [2.75, 3.05) is 13.2 Å². The highest BCUT2D eigenvalue weighted by Gasteiger charge is 2.43. The van der Waals surface area contributed by atoms with Crippen molar-refractivity contribution in [3.05, 3.63) is 17.5 Å². The van der Waals surface area contributed by atoms with Crippen LogP contribution < -0.4 is 0 Å². The molecule has 2 aliphatic rings. The van der Waals surface area contributed by atoms with Crippen molar-refractivity contribution in [2.45, 2.75) is 44.9 Å². The van der Waals surface area contributed by atoms with Gasteiger partial charge in [0.25, 0.3) is 0 Å². The van der Waals surface area contributed by atoms with E-state index in [2.05, 4.69) is 10.2 Å². The quantitative estimate of drug-likeness (QED) is 0.774. The van der Waals surface area contributed by atoms with Crippen LogP contribution in [0.4, 0.5) is 4.79 Å². The Kier molecular flexibility index (Phi) is 2.78. The lowest BCUT2D eigenvalue weighted by Gasteiger charge is -2.45. The molecule has 0 spiro atoms. The molecule has 0 aliphatic carbocycles. The average Bonchev–Trinajstić information content (AvgIpc) is 2.73. The number of hydrogen-bond donors (Lipinski definition) is 1. The van der Waals surface area contributed by atoms with Gasteiger partial charge in [-0.3, -0.25) is 10.00 Å². The maximum Gasteiger partial charge on any atom is 0.411 e. The first-order valence-electron chi connectivity index (χ1n) is 6.57. The van der Waals surface area contributed by atoms with Crippen LogP contribution in [0.25, 0.3) is 0 Å². The predicted molar refractivity (Wildman–Crippen MR) is 67.7 cm³/mol. The Labute approximate surface area is 112 Å². The summed E-state index contributed by atoms with van der Waals surface area (Å²) in [5.74, 6) is 0. The van der Waals surface area contributed by atoms with Crippen molar-refractivity contribution < 1.29 is 14.3 Å². The Balaban J connectivity index is 1.88. The van der Waals surface area contributed by atoms with Gasteiger partial charge >= 0.3 is 6.09 Å². The summed E-state index contributed by atoms with van der Waals surface area (Å²) in [6.45, 7) is 6.69. The van der Waals surface area contributed by atoms with Crippen LogP contribution in [0, 0.1) is 0 Å². The number of amides is 1. The maximum absolute atomic E-state index is 12.4. The van der Waals surface area contributed by atoms with Gasteiger partial charge in [-0.1, -0.05) is 0 Å². The topological polar surface area (TPSA) is 67.4 Å². The molecule has 6 heteroatoms. The minimum absolute atomic E-state index is 0.0292. The van der Waals surface area contributed by atoms with Crippen molar-refractivity contribution in [3.8, 4) is 0 Å². The summed E-state index contributed by atoms with van der Waals surface area (Å²) in [4.78, 5) is 14.2. The van der Waals surface area contributed by atoms with Gasteiger partial charge in [-0.05, 0) is 20.8 Å². The number of hydrogen-bond acceptors (Lipinski definition) is 4. The van der Waals surface area contributed by atoms with Crippen molar-refractivity contribution in [1.82, 2.24) is 15.1 Å². The van der Waals surface area contributed by atoms with Crippen LogP contribution in [0.5, 0.6) is 0 Å². The summed E-state index contributed by atoms with van der Waals surface area (Å²) in [7, 11) is 0. The van der Waals surface area contributed by atoms with E-state index in [0.717, 1.165) is 17.7 Å². The van der Waals surface area contributed by atoms with E-state index in [1.807, 2.05) is 25.7 Å². The number of carbonyl (C=O) groups is 1. The summed E-state index contributed by atoms with van der Waals surface area (Å²) in [6, 6.07) is -0.0577. The highest BCUT2D eigenvalue weighted by atomic mass is 16.6.